The largest absolute Gasteiger partial charge is 0.337 e. The maximum atomic E-state index is 12.9. The molecule has 4 rings (SSSR count). The second-order valence-corrected chi connectivity index (χ2v) is 6.82. The first-order valence-corrected chi connectivity index (χ1v) is 9.14. The van der Waals surface area contributed by atoms with Gasteiger partial charge in [0, 0.05) is 30.0 Å². The summed E-state index contributed by atoms with van der Waals surface area (Å²) in [7, 11) is 1.89. The van der Waals surface area contributed by atoms with Gasteiger partial charge < -0.3 is 9.88 Å². The van der Waals surface area contributed by atoms with Gasteiger partial charge in [-0.05, 0) is 23.8 Å². The topological polar surface area (TPSA) is 75.6 Å². The number of amides is 1. The molecule has 2 heterocycles. The van der Waals surface area contributed by atoms with Crippen LogP contribution in [0.15, 0.2) is 73.1 Å². The fraction of sp³-hybridized carbons (Fsp3) is 0.0952. The lowest BCUT2D eigenvalue weighted by molar-refractivity contribution is 0.0936. The van der Waals surface area contributed by atoms with Crippen LogP contribution in [-0.2, 0) is 7.05 Å². The molecule has 0 aliphatic heterocycles. The molecule has 28 heavy (non-hydrogen) atoms. The van der Waals surface area contributed by atoms with Crippen molar-refractivity contribution in [1.82, 2.24) is 25.1 Å². The van der Waals surface area contributed by atoms with Gasteiger partial charge in [0.25, 0.3) is 5.91 Å². The minimum Gasteiger partial charge on any atom is -0.337 e. The van der Waals surface area contributed by atoms with Crippen LogP contribution < -0.4 is 5.32 Å². The molecular formula is C21H18ClN5O. The monoisotopic (exact) mass is 391 g/mol. The van der Waals surface area contributed by atoms with Crippen LogP contribution in [0, 0.1) is 0 Å². The molecule has 0 aliphatic carbocycles. The van der Waals surface area contributed by atoms with Crippen molar-refractivity contribution in [3.8, 4) is 11.3 Å². The highest BCUT2D eigenvalue weighted by Crippen LogP contribution is 2.23. The summed E-state index contributed by atoms with van der Waals surface area (Å²) in [5.41, 5.74) is 2.92. The summed E-state index contributed by atoms with van der Waals surface area (Å²) < 4.78 is 1.88. The lowest BCUT2D eigenvalue weighted by Crippen LogP contribution is -2.31. The Kier molecular flexibility index (Phi) is 4.95. The number of halogens is 1. The first-order chi connectivity index (χ1) is 13.6. The normalized spacial score (nSPS) is 11.9. The molecule has 4 aromatic rings. The molecule has 2 N–H and O–H groups in total. The molecule has 2 aromatic heterocycles. The standard InChI is InChI=1S/C21H18ClN5O/c1-27-12-11-23-20(27)19(15-7-9-16(22)10-8-15)24-21(28)18-13-17(25-26-18)14-5-3-2-4-6-14/h2-13,19H,1H3,(H,24,28)(H,25,26)/t19-/m0/s1. The van der Waals surface area contributed by atoms with Gasteiger partial charge in [0.2, 0.25) is 0 Å². The number of hydrogen-bond donors (Lipinski definition) is 2. The van der Waals surface area contributed by atoms with E-state index in [1.54, 1.807) is 24.4 Å². The third-order valence-corrected chi connectivity index (χ3v) is 4.74. The molecule has 0 unspecified atom stereocenters. The Labute approximate surface area is 167 Å². The summed E-state index contributed by atoms with van der Waals surface area (Å²) in [6.45, 7) is 0. The SMILES string of the molecule is Cn1ccnc1[C@@H](NC(=O)c1cc(-c2ccccc2)n[nH]1)c1ccc(Cl)cc1. The van der Waals surface area contributed by atoms with Crippen molar-refractivity contribution >= 4 is 17.5 Å². The molecule has 0 saturated carbocycles. The number of hydrogen-bond acceptors (Lipinski definition) is 3. The number of benzene rings is 2. The maximum Gasteiger partial charge on any atom is 0.270 e. The molecule has 6 nitrogen and oxygen atoms in total. The zero-order valence-electron chi connectivity index (χ0n) is 15.1. The summed E-state index contributed by atoms with van der Waals surface area (Å²) >= 11 is 6.01. The van der Waals surface area contributed by atoms with E-state index in [0.717, 1.165) is 17.0 Å². The zero-order chi connectivity index (χ0) is 19.5. The van der Waals surface area contributed by atoms with Crippen molar-refractivity contribution in [2.75, 3.05) is 0 Å². The molecule has 2 aromatic carbocycles. The molecule has 0 bridgehead atoms. The second kappa shape index (κ2) is 7.70. The Morgan fingerprint density at radius 3 is 2.57 bits per heavy atom. The van der Waals surface area contributed by atoms with Crippen molar-refractivity contribution in [2.24, 2.45) is 7.05 Å². The van der Waals surface area contributed by atoms with Crippen LogP contribution in [0.3, 0.4) is 0 Å². The molecular weight excluding hydrogens is 374 g/mol. The molecule has 1 atom stereocenters. The smallest absolute Gasteiger partial charge is 0.270 e. The van der Waals surface area contributed by atoms with Gasteiger partial charge in [-0.2, -0.15) is 5.10 Å². The fourth-order valence-electron chi connectivity index (χ4n) is 3.01. The molecule has 7 heteroatoms. The van der Waals surface area contributed by atoms with Crippen molar-refractivity contribution < 1.29 is 4.79 Å². The van der Waals surface area contributed by atoms with Gasteiger partial charge in [-0.3, -0.25) is 9.89 Å². The third kappa shape index (κ3) is 3.68. The van der Waals surface area contributed by atoms with Crippen LogP contribution >= 0.6 is 11.6 Å². The van der Waals surface area contributed by atoms with Gasteiger partial charge in [0.1, 0.15) is 17.6 Å². The van der Waals surface area contributed by atoms with E-state index in [1.807, 2.05) is 60.3 Å². The summed E-state index contributed by atoms with van der Waals surface area (Å²) in [5, 5.41) is 10.7. The number of imidazole rings is 1. The van der Waals surface area contributed by atoms with Crippen molar-refractivity contribution in [3.05, 3.63) is 95.2 Å². The van der Waals surface area contributed by atoms with E-state index in [9.17, 15) is 4.79 Å². The predicted molar refractivity (Wildman–Crippen MR) is 108 cm³/mol. The highest BCUT2D eigenvalue weighted by atomic mass is 35.5. The average molecular weight is 392 g/mol. The Morgan fingerprint density at radius 1 is 1.14 bits per heavy atom. The number of H-pyrrole nitrogens is 1. The number of aromatic amines is 1. The number of aryl methyl sites for hydroxylation is 1. The number of aromatic nitrogens is 4. The minimum atomic E-state index is -0.423. The lowest BCUT2D eigenvalue weighted by Gasteiger charge is -2.19. The average Bonchev–Trinajstić information content (AvgIpc) is 3.37. The molecule has 0 radical (unpaired) electrons. The van der Waals surface area contributed by atoms with Gasteiger partial charge in [0.15, 0.2) is 0 Å². The number of rotatable bonds is 5. The highest BCUT2D eigenvalue weighted by Gasteiger charge is 2.22. The van der Waals surface area contributed by atoms with E-state index in [1.165, 1.54) is 0 Å². The van der Waals surface area contributed by atoms with Crippen LogP contribution in [0.4, 0.5) is 0 Å². The van der Waals surface area contributed by atoms with Crippen LogP contribution in [0.5, 0.6) is 0 Å². The Morgan fingerprint density at radius 2 is 1.89 bits per heavy atom. The van der Waals surface area contributed by atoms with Gasteiger partial charge in [-0.15, -0.1) is 0 Å². The second-order valence-electron chi connectivity index (χ2n) is 6.39. The molecule has 0 fully saturated rings. The molecule has 1 amide bonds. The van der Waals surface area contributed by atoms with Crippen molar-refractivity contribution in [2.45, 2.75) is 6.04 Å². The first kappa shape index (κ1) is 18.0. The molecule has 0 spiro atoms. The van der Waals surface area contributed by atoms with Crippen LogP contribution in [0.2, 0.25) is 5.02 Å². The number of nitrogens with one attached hydrogen (secondary N) is 2. The summed E-state index contributed by atoms with van der Waals surface area (Å²) in [6.07, 6.45) is 3.54. The Balaban J connectivity index is 1.62. The third-order valence-electron chi connectivity index (χ3n) is 4.49. The van der Waals surface area contributed by atoms with Gasteiger partial charge in [0.05, 0.1) is 5.69 Å². The maximum absolute atomic E-state index is 12.9. The number of carbonyl (C=O) groups is 1. The van der Waals surface area contributed by atoms with E-state index in [-0.39, 0.29) is 5.91 Å². The van der Waals surface area contributed by atoms with E-state index >= 15 is 0 Å². The highest BCUT2D eigenvalue weighted by molar-refractivity contribution is 6.30. The van der Waals surface area contributed by atoms with E-state index < -0.39 is 6.04 Å². The quantitative estimate of drug-likeness (QED) is 0.540. The number of carbonyl (C=O) groups excluding carboxylic acids is 1. The van der Waals surface area contributed by atoms with Gasteiger partial charge >= 0.3 is 0 Å². The van der Waals surface area contributed by atoms with E-state index in [0.29, 0.717) is 16.4 Å². The van der Waals surface area contributed by atoms with E-state index in [2.05, 4.69) is 20.5 Å². The Hall–Kier alpha value is -3.38. The van der Waals surface area contributed by atoms with Gasteiger partial charge in [-0.1, -0.05) is 54.1 Å². The van der Waals surface area contributed by atoms with Crippen LogP contribution in [0.25, 0.3) is 11.3 Å². The number of nitrogens with zero attached hydrogens (tertiary/aromatic N) is 3. The summed E-state index contributed by atoms with van der Waals surface area (Å²) in [5.74, 6) is 0.455. The van der Waals surface area contributed by atoms with Crippen molar-refractivity contribution in [3.63, 3.8) is 0 Å². The minimum absolute atomic E-state index is 0.266. The zero-order valence-corrected chi connectivity index (χ0v) is 15.9. The molecule has 140 valence electrons. The van der Waals surface area contributed by atoms with Crippen LogP contribution in [0.1, 0.15) is 27.9 Å². The summed E-state index contributed by atoms with van der Waals surface area (Å²) in [6, 6.07) is 18.4. The van der Waals surface area contributed by atoms with Gasteiger partial charge in [-0.25, -0.2) is 4.98 Å². The molecule has 0 aliphatic rings. The molecule has 0 saturated heterocycles. The van der Waals surface area contributed by atoms with E-state index in [4.69, 9.17) is 11.6 Å². The van der Waals surface area contributed by atoms with Crippen molar-refractivity contribution in [1.29, 1.82) is 0 Å². The summed E-state index contributed by atoms with van der Waals surface area (Å²) in [4.78, 5) is 17.3. The first-order valence-electron chi connectivity index (χ1n) is 8.76. The fourth-order valence-corrected chi connectivity index (χ4v) is 3.14. The predicted octanol–water partition coefficient (Wildman–Crippen LogP) is 3.98. The van der Waals surface area contributed by atoms with Crippen LogP contribution in [-0.4, -0.2) is 25.7 Å². The Bertz CT molecular complexity index is 1090. The lowest BCUT2D eigenvalue weighted by atomic mass is 10.1.